The third-order valence-corrected chi connectivity index (χ3v) is 2.70. The molecule has 8 heteroatoms. The molecule has 0 aliphatic rings. The van der Waals surface area contributed by atoms with E-state index in [9.17, 15) is 20.0 Å². The maximum Gasteiger partial charge on any atom is 0.288 e. The standard InChI is InChI=1S/C11H14ClN3O4/c1-2-3-8(16)6-14-11(17)9-4-7(15(18)19)5-13-10(9)12/h4-5,8,16H,2-3,6H2,1H3,(H,14,17). The Bertz CT molecular complexity index is 481. The molecular formula is C11H14ClN3O4. The highest BCUT2D eigenvalue weighted by molar-refractivity contribution is 6.32. The van der Waals surface area contributed by atoms with Gasteiger partial charge in [0, 0.05) is 12.6 Å². The molecule has 104 valence electrons. The minimum atomic E-state index is -0.661. The minimum absolute atomic E-state index is 0.0612. The van der Waals surface area contributed by atoms with Gasteiger partial charge in [0.05, 0.1) is 16.6 Å². The van der Waals surface area contributed by atoms with Crippen molar-refractivity contribution in [1.82, 2.24) is 10.3 Å². The molecule has 1 aromatic rings. The van der Waals surface area contributed by atoms with Crippen LogP contribution < -0.4 is 5.32 Å². The first-order valence-electron chi connectivity index (χ1n) is 5.72. The van der Waals surface area contributed by atoms with E-state index in [0.29, 0.717) is 6.42 Å². The second kappa shape index (κ2) is 7.01. The lowest BCUT2D eigenvalue weighted by Crippen LogP contribution is -2.32. The highest BCUT2D eigenvalue weighted by Crippen LogP contribution is 2.18. The number of aliphatic hydroxyl groups excluding tert-OH is 1. The van der Waals surface area contributed by atoms with Gasteiger partial charge in [-0.25, -0.2) is 4.98 Å². The van der Waals surface area contributed by atoms with Gasteiger partial charge in [-0.15, -0.1) is 0 Å². The fraction of sp³-hybridized carbons (Fsp3) is 0.455. The average Bonchev–Trinajstić information content (AvgIpc) is 2.36. The molecule has 0 aliphatic carbocycles. The number of nitrogens with zero attached hydrogens (tertiary/aromatic N) is 2. The van der Waals surface area contributed by atoms with Crippen molar-refractivity contribution in [3.8, 4) is 0 Å². The summed E-state index contributed by atoms with van der Waals surface area (Å²) in [6.07, 6.45) is 1.67. The summed E-state index contributed by atoms with van der Waals surface area (Å²) < 4.78 is 0. The first-order valence-corrected chi connectivity index (χ1v) is 6.09. The molecule has 0 aromatic carbocycles. The minimum Gasteiger partial charge on any atom is -0.391 e. The van der Waals surface area contributed by atoms with Crippen LogP contribution in [0.5, 0.6) is 0 Å². The molecule has 1 heterocycles. The zero-order valence-electron chi connectivity index (χ0n) is 10.3. The number of nitro groups is 1. The van der Waals surface area contributed by atoms with Crippen LogP contribution in [0.2, 0.25) is 5.15 Å². The van der Waals surface area contributed by atoms with Crippen LogP contribution >= 0.6 is 11.6 Å². The maximum absolute atomic E-state index is 11.8. The summed E-state index contributed by atoms with van der Waals surface area (Å²) in [4.78, 5) is 25.3. The van der Waals surface area contributed by atoms with Crippen LogP contribution in [0.15, 0.2) is 12.3 Å². The number of hydrogen-bond acceptors (Lipinski definition) is 5. The van der Waals surface area contributed by atoms with Gasteiger partial charge < -0.3 is 10.4 Å². The maximum atomic E-state index is 11.8. The van der Waals surface area contributed by atoms with E-state index in [-0.39, 0.29) is 22.9 Å². The van der Waals surface area contributed by atoms with Gasteiger partial charge in [0.1, 0.15) is 11.3 Å². The van der Waals surface area contributed by atoms with Crippen molar-refractivity contribution in [3.05, 3.63) is 33.1 Å². The van der Waals surface area contributed by atoms with Crippen LogP contribution in [0.25, 0.3) is 0 Å². The van der Waals surface area contributed by atoms with Gasteiger partial charge in [-0.3, -0.25) is 14.9 Å². The number of rotatable bonds is 6. The molecule has 0 aliphatic heterocycles. The molecule has 0 radical (unpaired) electrons. The van der Waals surface area contributed by atoms with Crippen molar-refractivity contribution < 1.29 is 14.8 Å². The Labute approximate surface area is 114 Å². The van der Waals surface area contributed by atoms with Gasteiger partial charge in [-0.1, -0.05) is 24.9 Å². The number of carbonyl (C=O) groups is 1. The topological polar surface area (TPSA) is 105 Å². The third kappa shape index (κ3) is 4.46. The first kappa shape index (κ1) is 15.3. The van der Waals surface area contributed by atoms with E-state index in [4.69, 9.17) is 11.6 Å². The van der Waals surface area contributed by atoms with E-state index in [1.165, 1.54) is 0 Å². The molecule has 1 rings (SSSR count). The summed E-state index contributed by atoms with van der Waals surface area (Å²) in [7, 11) is 0. The molecule has 0 bridgehead atoms. The summed E-state index contributed by atoms with van der Waals surface area (Å²) in [5.41, 5.74) is -0.400. The number of nitrogens with one attached hydrogen (secondary N) is 1. The number of aliphatic hydroxyl groups is 1. The Balaban J connectivity index is 2.76. The SMILES string of the molecule is CCCC(O)CNC(=O)c1cc([N+](=O)[O-])cnc1Cl. The van der Waals surface area contributed by atoms with Crippen molar-refractivity contribution in [2.75, 3.05) is 6.54 Å². The Kier molecular flexibility index (Phi) is 5.65. The van der Waals surface area contributed by atoms with Crippen molar-refractivity contribution in [3.63, 3.8) is 0 Å². The molecule has 0 saturated heterocycles. The highest BCUT2D eigenvalue weighted by Gasteiger charge is 2.17. The van der Waals surface area contributed by atoms with E-state index in [2.05, 4.69) is 10.3 Å². The lowest BCUT2D eigenvalue weighted by molar-refractivity contribution is -0.385. The second-order valence-electron chi connectivity index (χ2n) is 3.94. The van der Waals surface area contributed by atoms with Crippen LogP contribution in [0, 0.1) is 10.1 Å². The van der Waals surface area contributed by atoms with Crippen LogP contribution in [0.4, 0.5) is 5.69 Å². The Hall–Kier alpha value is -1.73. The van der Waals surface area contributed by atoms with Crippen molar-refractivity contribution >= 4 is 23.2 Å². The van der Waals surface area contributed by atoms with Gasteiger partial charge in [0.15, 0.2) is 0 Å². The van der Waals surface area contributed by atoms with Gasteiger partial charge in [0.25, 0.3) is 11.6 Å². The third-order valence-electron chi connectivity index (χ3n) is 2.40. The second-order valence-corrected chi connectivity index (χ2v) is 4.30. The first-order chi connectivity index (χ1) is 8.95. The van der Waals surface area contributed by atoms with E-state index in [1.54, 1.807) is 0 Å². The fourth-order valence-electron chi connectivity index (χ4n) is 1.44. The van der Waals surface area contributed by atoms with Crippen molar-refractivity contribution in [2.24, 2.45) is 0 Å². The molecule has 2 N–H and O–H groups in total. The molecule has 0 spiro atoms. The molecule has 1 atom stereocenters. The highest BCUT2D eigenvalue weighted by atomic mass is 35.5. The predicted octanol–water partition coefficient (Wildman–Crippen LogP) is 1.53. The van der Waals surface area contributed by atoms with Crippen molar-refractivity contribution in [2.45, 2.75) is 25.9 Å². The van der Waals surface area contributed by atoms with Crippen LogP contribution in [-0.4, -0.2) is 33.6 Å². The van der Waals surface area contributed by atoms with E-state index < -0.39 is 16.9 Å². The Morgan fingerprint density at radius 1 is 1.68 bits per heavy atom. The number of carbonyl (C=O) groups excluding carboxylic acids is 1. The molecule has 1 amide bonds. The molecule has 0 fully saturated rings. The smallest absolute Gasteiger partial charge is 0.288 e. The van der Waals surface area contributed by atoms with Crippen LogP contribution in [0.1, 0.15) is 30.1 Å². The number of aromatic nitrogens is 1. The van der Waals surface area contributed by atoms with E-state index in [0.717, 1.165) is 18.7 Å². The number of hydrogen-bond donors (Lipinski definition) is 2. The molecule has 7 nitrogen and oxygen atoms in total. The molecule has 0 saturated carbocycles. The lowest BCUT2D eigenvalue weighted by atomic mass is 10.2. The van der Waals surface area contributed by atoms with Gasteiger partial charge in [0.2, 0.25) is 0 Å². The average molecular weight is 288 g/mol. The van der Waals surface area contributed by atoms with Crippen LogP contribution in [-0.2, 0) is 0 Å². The molecule has 1 unspecified atom stereocenters. The summed E-state index contributed by atoms with van der Waals surface area (Å²) >= 11 is 5.72. The summed E-state index contributed by atoms with van der Waals surface area (Å²) in [6, 6.07) is 1.05. The molecule has 19 heavy (non-hydrogen) atoms. The Morgan fingerprint density at radius 2 is 2.37 bits per heavy atom. The normalized spacial score (nSPS) is 11.9. The van der Waals surface area contributed by atoms with Gasteiger partial charge in [-0.05, 0) is 6.42 Å². The monoisotopic (exact) mass is 287 g/mol. The lowest BCUT2D eigenvalue weighted by Gasteiger charge is -2.10. The zero-order valence-corrected chi connectivity index (χ0v) is 11.1. The van der Waals surface area contributed by atoms with Crippen LogP contribution in [0.3, 0.4) is 0 Å². The fourth-order valence-corrected chi connectivity index (χ4v) is 1.63. The Morgan fingerprint density at radius 3 is 2.95 bits per heavy atom. The molecular weight excluding hydrogens is 274 g/mol. The zero-order chi connectivity index (χ0) is 14.4. The number of pyridine rings is 1. The van der Waals surface area contributed by atoms with E-state index in [1.807, 2.05) is 6.92 Å². The summed E-state index contributed by atoms with van der Waals surface area (Å²) in [5, 5.41) is 22.4. The largest absolute Gasteiger partial charge is 0.391 e. The van der Waals surface area contributed by atoms with Gasteiger partial charge in [-0.2, -0.15) is 0 Å². The van der Waals surface area contributed by atoms with Crippen molar-refractivity contribution in [1.29, 1.82) is 0 Å². The summed E-state index contributed by atoms with van der Waals surface area (Å²) in [5.74, 6) is -0.601. The van der Waals surface area contributed by atoms with Gasteiger partial charge >= 0.3 is 0 Å². The number of halogens is 1. The summed E-state index contributed by atoms with van der Waals surface area (Å²) in [6.45, 7) is 1.97. The number of amides is 1. The van der Waals surface area contributed by atoms with E-state index >= 15 is 0 Å². The quantitative estimate of drug-likeness (QED) is 0.469. The molecule has 1 aromatic heterocycles. The predicted molar refractivity (Wildman–Crippen MR) is 69.1 cm³/mol.